The fraction of sp³-hybridized carbons (Fsp3) is 0.300. The molecule has 6 heteroatoms. The van der Waals surface area contributed by atoms with Crippen molar-refractivity contribution in [1.29, 1.82) is 0 Å². The molecule has 1 aromatic carbocycles. The average molecular weight is 363 g/mol. The van der Waals surface area contributed by atoms with Crippen molar-refractivity contribution in [1.82, 2.24) is 24.6 Å². The first kappa shape index (κ1) is 15.8. The number of fused-ring (bicyclic) bond motifs is 2. The van der Waals surface area contributed by atoms with Gasteiger partial charge in [0.25, 0.3) is 0 Å². The van der Waals surface area contributed by atoms with Gasteiger partial charge in [-0.1, -0.05) is 18.2 Å². The molecular formula is C20H21N5S. The number of nitrogens with one attached hydrogen (secondary N) is 1. The van der Waals surface area contributed by atoms with Gasteiger partial charge in [-0.05, 0) is 23.6 Å². The van der Waals surface area contributed by atoms with E-state index in [-0.39, 0.29) is 0 Å². The van der Waals surface area contributed by atoms with Gasteiger partial charge in [-0.2, -0.15) is 5.10 Å². The quantitative estimate of drug-likeness (QED) is 0.604. The zero-order chi connectivity index (χ0) is 17.5. The summed E-state index contributed by atoms with van der Waals surface area (Å²) in [4.78, 5) is 8.68. The number of aryl methyl sites for hydroxylation is 1. The molecule has 0 bridgehead atoms. The minimum atomic E-state index is 0.869. The zero-order valence-corrected chi connectivity index (χ0v) is 15.6. The fourth-order valence-electron chi connectivity index (χ4n) is 3.81. The number of hydrogen-bond donors (Lipinski definition) is 1. The number of benzene rings is 1. The number of thiophene rings is 1. The first-order valence-corrected chi connectivity index (χ1v) is 9.86. The number of nitrogens with zero attached hydrogens (tertiary/aromatic N) is 4. The molecule has 26 heavy (non-hydrogen) atoms. The maximum atomic E-state index is 4.83. The summed E-state index contributed by atoms with van der Waals surface area (Å²) in [6, 6.07) is 12.6. The lowest BCUT2D eigenvalue weighted by Crippen LogP contribution is -2.31. The lowest BCUT2D eigenvalue weighted by Gasteiger charge is -2.26. The van der Waals surface area contributed by atoms with Crippen LogP contribution in [0, 0.1) is 0 Å². The number of H-pyrrole nitrogens is 1. The van der Waals surface area contributed by atoms with Crippen LogP contribution in [0.15, 0.2) is 41.8 Å². The summed E-state index contributed by atoms with van der Waals surface area (Å²) in [5.41, 5.74) is 6.14. The topological polar surface area (TPSA) is 49.7 Å². The number of hydrogen-bond acceptors (Lipinski definition) is 4. The van der Waals surface area contributed by atoms with Gasteiger partial charge in [-0.25, -0.2) is 4.98 Å². The van der Waals surface area contributed by atoms with Gasteiger partial charge in [-0.15, -0.1) is 11.3 Å². The molecule has 0 radical (unpaired) electrons. The molecular weight excluding hydrogens is 342 g/mol. The van der Waals surface area contributed by atoms with Gasteiger partial charge in [0.05, 0.1) is 23.3 Å². The average Bonchev–Trinajstić information content (AvgIpc) is 3.38. The predicted molar refractivity (Wildman–Crippen MR) is 104 cm³/mol. The highest BCUT2D eigenvalue weighted by atomic mass is 32.1. The normalized spacial score (nSPS) is 14.8. The van der Waals surface area contributed by atoms with Crippen LogP contribution in [0.2, 0.25) is 0 Å². The summed E-state index contributed by atoms with van der Waals surface area (Å²) < 4.78 is 2.22. The van der Waals surface area contributed by atoms with Gasteiger partial charge in [0.2, 0.25) is 0 Å². The van der Waals surface area contributed by atoms with Crippen LogP contribution in [0.25, 0.3) is 11.0 Å². The van der Waals surface area contributed by atoms with Gasteiger partial charge < -0.3 is 4.57 Å². The van der Waals surface area contributed by atoms with Crippen LogP contribution in [-0.2, 0) is 33.0 Å². The Balaban J connectivity index is 1.38. The standard InChI is InChI=1S/C20H21N5S/c1-24-19-7-3-2-6-17(19)21-20(24)13-25-9-8-16-15(12-25)18(23-22-16)11-14-5-4-10-26-14/h2-7,10H,8-9,11-13H2,1H3,(H,22,23). The Morgan fingerprint density at radius 2 is 2.12 bits per heavy atom. The maximum absolute atomic E-state index is 4.83. The van der Waals surface area contributed by atoms with Gasteiger partial charge in [0.15, 0.2) is 0 Å². The maximum Gasteiger partial charge on any atom is 0.123 e. The predicted octanol–water partition coefficient (Wildman–Crippen LogP) is 3.51. The molecule has 0 unspecified atom stereocenters. The largest absolute Gasteiger partial charge is 0.330 e. The highest BCUT2D eigenvalue weighted by Gasteiger charge is 2.23. The van der Waals surface area contributed by atoms with E-state index in [0.29, 0.717) is 0 Å². The Hall–Kier alpha value is -2.44. The summed E-state index contributed by atoms with van der Waals surface area (Å²) in [5, 5.41) is 10.00. The van der Waals surface area contributed by atoms with Crippen LogP contribution in [0.3, 0.4) is 0 Å². The molecule has 1 aliphatic rings. The van der Waals surface area contributed by atoms with Crippen molar-refractivity contribution in [3.63, 3.8) is 0 Å². The molecule has 0 amide bonds. The number of aromatic nitrogens is 4. The summed E-state index contributed by atoms with van der Waals surface area (Å²) in [7, 11) is 2.11. The van der Waals surface area contributed by atoms with Gasteiger partial charge in [0.1, 0.15) is 5.82 Å². The van der Waals surface area contributed by atoms with E-state index in [4.69, 9.17) is 4.98 Å². The zero-order valence-electron chi connectivity index (χ0n) is 14.8. The summed E-state index contributed by atoms with van der Waals surface area (Å²) >= 11 is 1.80. The number of aromatic amines is 1. The first-order valence-electron chi connectivity index (χ1n) is 8.98. The van der Waals surface area contributed by atoms with Crippen molar-refractivity contribution in [2.75, 3.05) is 6.54 Å². The molecule has 1 aliphatic heterocycles. The Morgan fingerprint density at radius 3 is 2.96 bits per heavy atom. The Bertz CT molecular complexity index is 1040. The Morgan fingerprint density at radius 1 is 1.19 bits per heavy atom. The molecule has 0 spiro atoms. The minimum absolute atomic E-state index is 0.869. The number of para-hydroxylation sites is 2. The number of rotatable bonds is 4. The second-order valence-corrected chi connectivity index (χ2v) is 7.95. The molecule has 0 aliphatic carbocycles. The Labute approximate surface area is 156 Å². The molecule has 5 nitrogen and oxygen atoms in total. The van der Waals surface area contributed by atoms with Gasteiger partial charge in [0, 0.05) is 49.1 Å². The highest BCUT2D eigenvalue weighted by molar-refractivity contribution is 7.09. The lowest BCUT2D eigenvalue weighted by molar-refractivity contribution is 0.236. The SMILES string of the molecule is Cn1c(CN2CCc3[nH]nc(Cc4cccs4)c3C2)nc2ccccc21. The van der Waals surface area contributed by atoms with Gasteiger partial charge >= 0.3 is 0 Å². The molecule has 4 heterocycles. The van der Waals surface area contributed by atoms with E-state index in [2.05, 4.69) is 68.5 Å². The monoisotopic (exact) mass is 363 g/mol. The van der Waals surface area contributed by atoms with Crippen LogP contribution in [0.4, 0.5) is 0 Å². The summed E-state index contributed by atoms with van der Waals surface area (Å²) in [6.07, 6.45) is 1.94. The van der Waals surface area contributed by atoms with Crippen LogP contribution >= 0.6 is 11.3 Å². The summed E-state index contributed by atoms with van der Waals surface area (Å²) in [6.45, 7) is 2.85. The molecule has 0 saturated carbocycles. The highest BCUT2D eigenvalue weighted by Crippen LogP contribution is 2.25. The Kier molecular flexibility index (Phi) is 3.87. The summed E-state index contributed by atoms with van der Waals surface area (Å²) in [5.74, 6) is 1.12. The second-order valence-electron chi connectivity index (χ2n) is 6.92. The van der Waals surface area contributed by atoms with E-state index in [1.165, 1.54) is 27.3 Å². The third-order valence-corrected chi connectivity index (χ3v) is 6.14. The van der Waals surface area contributed by atoms with Crippen molar-refractivity contribution in [3.05, 3.63) is 69.4 Å². The molecule has 4 aromatic rings. The van der Waals surface area contributed by atoms with Crippen molar-refractivity contribution >= 4 is 22.4 Å². The molecule has 1 N–H and O–H groups in total. The molecule has 5 rings (SSSR count). The van der Waals surface area contributed by atoms with Crippen molar-refractivity contribution in [2.24, 2.45) is 7.05 Å². The molecule has 0 saturated heterocycles. The smallest absolute Gasteiger partial charge is 0.123 e. The first-order chi connectivity index (χ1) is 12.8. The van der Waals surface area contributed by atoms with Crippen LogP contribution < -0.4 is 0 Å². The molecule has 3 aromatic heterocycles. The van der Waals surface area contributed by atoms with E-state index in [0.717, 1.165) is 43.8 Å². The van der Waals surface area contributed by atoms with E-state index >= 15 is 0 Å². The molecule has 132 valence electrons. The number of imidazole rings is 1. The van der Waals surface area contributed by atoms with E-state index in [9.17, 15) is 0 Å². The third kappa shape index (κ3) is 2.75. The van der Waals surface area contributed by atoms with E-state index in [1.54, 1.807) is 11.3 Å². The fourth-order valence-corrected chi connectivity index (χ4v) is 4.52. The van der Waals surface area contributed by atoms with Crippen molar-refractivity contribution in [3.8, 4) is 0 Å². The van der Waals surface area contributed by atoms with Crippen LogP contribution in [0.1, 0.15) is 27.7 Å². The van der Waals surface area contributed by atoms with Crippen molar-refractivity contribution < 1.29 is 0 Å². The minimum Gasteiger partial charge on any atom is -0.330 e. The third-order valence-electron chi connectivity index (χ3n) is 5.26. The molecule has 0 atom stereocenters. The molecule has 0 fully saturated rings. The van der Waals surface area contributed by atoms with Crippen LogP contribution in [0.5, 0.6) is 0 Å². The van der Waals surface area contributed by atoms with Gasteiger partial charge in [-0.3, -0.25) is 10.00 Å². The second kappa shape index (κ2) is 6.37. The van der Waals surface area contributed by atoms with E-state index in [1.807, 2.05) is 0 Å². The lowest BCUT2D eigenvalue weighted by atomic mass is 10.0. The van der Waals surface area contributed by atoms with Crippen molar-refractivity contribution in [2.45, 2.75) is 25.9 Å². The van der Waals surface area contributed by atoms with E-state index < -0.39 is 0 Å². The van der Waals surface area contributed by atoms with Crippen LogP contribution in [-0.4, -0.2) is 31.2 Å².